The highest BCUT2D eigenvalue weighted by Crippen LogP contribution is 2.19. The largest absolute Gasteiger partial charge is 0.396 e. The Hall–Kier alpha value is -1.60. The SMILES string of the molecule is CCC(CCO)Nc1cccc(F)c1C#N. The van der Waals surface area contributed by atoms with E-state index in [4.69, 9.17) is 10.4 Å². The minimum absolute atomic E-state index is 0.0267. The Bertz CT molecular complexity index is 387. The van der Waals surface area contributed by atoms with Gasteiger partial charge in [0.15, 0.2) is 0 Å². The predicted molar refractivity (Wildman–Crippen MR) is 60.5 cm³/mol. The summed E-state index contributed by atoms with van der Waals surface area (Å²) in [6.45, 7) is 2.04. The summed E-state index contributed by atoms with van der Waals surface area (Å²) >= 11 is 0. The fourth-order valence-electron chi connectivity index (χ4n) is 1.51. The van der Waals surface area contributed by atoms with Gasteiger partial charge in [-0.25, -0.2) is 4.39 Å². The molecule has 0 bridgehead atoms. The van der Waals surface area contributed by atoms with E-state index in [1.165, 1.54) is 6.07 Å². The first-order chi connectivity index (χ1) is 7.72. The zero-order valence-corrected chi connectivity index (χ0v) is 9.20. The summed E-state index contributed by atoms with van der Waals surface area (Å²) in [7, 11) is 0. The molecule has 0 spiro atoms. The number of benzene rings is 1. The van der Waals surface area contributed by atoms with Gasteiger partial charge >= 0.3 is 0 Å². The number of nitriles is 1. The average Bonchev–Trinajstić information content (AvgIpc) is 2.28. The fraction of sp³-hybridized carbons (Fsp3) is 0.417. The van der Waals surface area contributed by atoms with Crippen LogP contribution in [-0.2, 0) is 0 Å². The van der Waals surface area contributed by atoms with E-state index in [0.717, 1.165) is 6.42 Å². The highest BCUT2D eigenvalue weighted by molar-refractivity contribution is 5.58. The first kappa shape index (κ1) is 12.5. The van der Waals surface area contributed by atoms with E-state index in [1.54, 1.807) is 12.1 Å². The lowest BCUT2D eigenvalue weighted by Crippen LogP contribution is -2.20. The quantitative estimate of drug-likeness (QED) is 0.803. The summed E-state index contributed by atoms with van der Waals surface area (Å²) in [4.78, 5) is 0. The highest BCUT2D eigenvalue weighted by atomic mass is 19.1. The van der Waals surface area contributed by atoms with Crippen LogP contribution >= 0.6 is 0 Å². The van der Waals surface area contributed by atoms with E-state index in [1.807, 2.05) is 13.0 Å². The van der Waals surface area contributed by atoms with E-state index in [-0.39, 0.29) is 18.2 Å². The van der Waals surface area contributed by atoms with Gasteiger partial charge in [0.05, 0.1) is 5.69 Å². The van der Waals surface area contributed by atoms with Crippen LogP contribution in [-0.4, -0.2) is 17.8 Å². The summed E-state index contributed by atoms with van der Waals surface area (Å²) in [5.41, 5.74) is 0.515. The minimum atomic E-state index is -0.522. The molecule has 4 heteroatoms. The molecule has 1 aromatic carbocycles. The molecule has 1 unspecified atom stereocenters. The van der Waals surface area contributed by atoms with Crippen LogP contribution in [0.3, 0.4) is 0 Å². The van der Waals surface area contributed by atoms with Crippen LogP contribution in [0.4, 0.5) is 10.1 Å². The van der Waals surface area contributed by atoms with Crippen LogP contribution < -0.4 is 5.32 Å². The van der Waals surface area contributed by atoms with Crippen molar-refractivity contribution in [3.63, 3.8) is 0 Å². The van der Waals surface area contributed by atoms with Crippen LogP contribution in [0.5, 0.6) is 0 Å². The smallest absolute Gasteiger partial charge is 0.143 e. The summed E-state index contributed by atoms with van der Waals surface area (Å²) in [6.07, 6.45) is 1.39. The Labute approximate surface area is 94.5 Å². The van der Waals surface area contributed by atoms with Gasteiger partial charge in [-0.2, -0.15) is 5.26 Å². The van der Waals surface area contributed by atoms with Crippen molar-refractivity contribution in [2.45, 2.75) is 25.8 Å². The molecule has 2 N–H and O–H groups in total. The number of nitrogens with zero attached hydrogens (tertiary/aromatic N) is 1. The Kier molecular flexibility index (Phi) is 4.74. The fourth-order valence-corrected chi connectivity index (χ4v) is 1.51. The van der Waals surface area contributed by atoms with E-state index < -0.39 is 5.82 Å². The zero-order valence-electron chi connectivity index (χ0n) is 9.20. The number of hydrogen-bond donors (Lipinski definition) is 2. The molecule has 1 aromatic rings. The lowest BCUT2D eigenvalue weighted by molar-refractivity contribution is 0.278. The van der Waals surface area contributed by atoms with Crippen LogP contribution in [0, 0.1) is 17.1 Å². The van der Waals surface area contributed by atoms with Crippen molar-refractivity contribution in [3.8, 4) is 6.07 Å². The van der Waals surface area contributed by atoms with Gasteiger partial charge in [-0.15, -0.1) is 0 Å². The van der Waals surface area contributed by atoms with Crippen molar-refractivity contribution in [2.75, 3.05) is 11.9 Å². The Morgan fingerprint density at radius 3 is 2.88 bits per heavy atom. The van der Waals surface area contributed by atoms with Crippen LogP contribution in [0.2, 0.25) is 0 Å². The molecule has 0 fully saturated rings. The molecular formula is C12H15FN2O. The van der Waals surface area contributed by atoms with Gasteiger partial charge in [0, 0.05) is 12.6 Å². The second-order valence-electron chi connectivity index (χ2n) is 3.54. The van der Waals surface area contributed by atoms with Gasteiger partial charge in [0.25, 0.3) is 0 Å². The number of hydrogen-bond acceptors (Lipinski definition) is 3. The van der Waals surface area contributed by atoms with Crippen molar-refractivity contribution < 1.29 is 9.50 Å². The summed E-state index contributed by atoms with van der Waals surface area (Å²) < 4.78 is 13.3. The monoisotopic (exact) mass is 222 g/mol. The molecule has 0 aliphatic rings. The first-order valence-corrected chi connectivity index (χ1v) is 5.29. The molecule has 0 aliphatic carbocycles. The summed E-state index contributed by atoms with van der Waals surface area (Å²) in [5, 5.41) is 20.8. The lowest BCUT2D eigenvalue weighted by atomic mass is 10.1. The van der Waals surface area contributed by atoms with Crippen molar-refractivity contribution in [3.05, 3.63) is 29.6 Å². The maximum Gasteiger partial charge on any atom is 0.143 e. The van der Waals surface area contributed by atoms with Gasteiger partial charge in [0.2, 0.25) is 0 Å². The molecular weight excluding hydrogens is 207 g/mol. The second-order valence-corrected chi connectivity index (χ2v) is 3.54. The molecule has 0 heterocycles. The minimum Gasteiger partial charge on any atom is -0.396 e. The third-order valence-electron chi connectivity index (χ3n) is 2.46. The van der Waals surface area contributed by atoms with Crippen LogP contribution in [0.15, 0.2) is 18.2 Å². The summed E-state index contributed by atoms with van der Waals surface area (Å²) in [5.74, 6) is -0.522. The Balaban J connectivity index is 2.88. The molecule has 0 aromatic heterocycles. The lowest BCUT2D eigenvalue weighted by Gasteiger charge is -2.18. The molecule has 1 atom stereocenters. The molecule has 0 aliphatic heterocycles. The zero-order chi connectivity index (χ0) is 12.0. The van der Waals surface area contributed by atoms with Gasteiger partial charge in [-0.3, -0.25) is 0 Å². The molecule has 16 heavy (non-hydrogen) atoms. The average molecular weight is 222 g/mol. The van der Waals surface area contributed by atoms with E-state index >= 15 is 0 Å². The topological polar surface area (TPSA) is 56.0 Å². The maximum atomic E-state index is 13.3. The van der Waals surface area contributed by atoms with E-state index in [9.17, 15) is 4.39 Å². The molecule has 0 saturated heterocycles. The Morgan fingerprint density at radius 2 is 2.31 bits per heavy atom. The molecule has 0 amide bonds. The van der Waals surface area contributed by atoms with Crippen molar-refractivity contribution in [1.82, 2.24) is 0 Å². The normalized spacial score (nSPS) is 11.9. The van der Waals surface area contributed by atoms with Crippen LogP contribution in [0.25, 0.3) is 0 Å². The number of aliphatic hydroxyl groups excluding tert-OH is 1. The van der Waals surface area contributed by atoms with Crippen molar-refractivity contribution in [1.29, 1.82) is 5.26 Å². The van der Waals surface area contributed by atoms with Crippen molar-refractivity contribution >= 4 is 5.69 Å². The summed E-state index contributed by atoms with van der Waals surface area (Å²) in [6, 6.07) is 6.38. The van der Waals surface area contributed by atoms with E-state index in [2.05, 4.69) is 5.32 Å². The third-order valence-corrected chi connectivity index (χ3v) is 2.46. The first-order valence-electron chi connectivity index (χ1n) is 5.29. The second kappa shape index (κ2) is 6.09. The Morgan fingerprint density at radius 1 is 1.56 bits per heavy atom. The molecule has 3 nitrogen and oxygen atoms in total. The predicted octanol–water partition coefficient (Wildman–Crippen LogP) is 2.27. The maximum absolute atomic E-state index is 13.3. The van der Waals surface area contributed by atoms with Gasteiger partial charge in [-0.05, 0) is 25.0 Å². The molecule has 86 valence electrons. The van der Waals surface area contributed by atoms with Crippen molar-refractivity contribution in [2.24, 2.45) is 0 Å². The highest BCUT2D eigenvalue weighted by Gasteiger charge is 2.11. The standard InChI is InChI=1S/C12H15FN2O/c1-2-9(6-7-16)15-12-5-3-4-11(13)10(12)8-14/h3-5,9,15-16H,2,6-7H2,1H3. The number of halogens is 1. The van der Waals surface area contributed by atoms with Crippen LogP contribution in [0.1, 0.15) is 25.3 Å². The van der Waals surface area contributed by atoms with E-state index in [0.29, 0.717) is 12.1 Å². The molecule has 0 radical (unpaired) electrons. The number of aliphatic hydroxyl groups is 1. The number of rotatable bonds is 5. The molecule has 0 saturated carbocycles. The number of nitrogens with one attached hydrogen (secondary N) is 1. The van der Waals surface area contributed by atoms with Gasteiger partial charge in [-0.1, -0.05) is 13.0 Å². The molecule has 1 rings (SSSR count). The number of anilines is 1. The third kappa shape index (κ3) is 2.94. The van der Waals surface area contributed by atoms with Gasteiger partial charge < -0.3 is 10.4 Å². The van der Waals surface area contributed by atoms with Gasteiger partial charge in [0.1, 0.15) is 17.4 Å².